The Morgan fingerprint density at radius 3 is 2.82 bits per heavy atom. The fraction of sp³-hybridized carbons (Fsp3) is 0.393. The van der Waals surface area contributed by atoms with Gasteiger partial charge in [-0.05, 0) is 54.3 Å². The summed E-state index contributed by atoms with van der Waals surface area (Å²) in [7, 11) is 0. The highest BCUT2D eigenvalue weighted by molar-refractivity contribution is 5.86. The number of unbranched alkanes of at least 4 members (excludes halogenated alkanes) is 1. The van der Waals surface area contributed by atoms with Crippen LogP contribution in [0.2, 0.25) is 0 Å². The molecule has 2 atom stereocenters. The van der Waals surface area contributed by atoms with Crippen molar-refractivity contribution in [1.82, 2.24) is 5.32 Å². The molecule has 0 amide bonds. The zero-order valence-corrected chi connectivity index (χ0v) is 19.6. The average molecular weight is 447 g/mol. The average Bonchev–Trinajstić information content (AvgIpc) is 3.27. The highest BCUT2D eigenvalue weighted by Gasteiger charge is 2.25. The Bertz CT molecular complexity index is 1090. The van der Waals surface area contributed by atoms with Crippen molar-refractivity contribution in [2.75, 3.05) is 24.6 Å². The van der Waals surface area contributed by atoms with Crippen LogP contribution in [0.4, 0.5) is 5.69 Å². The summed E-state index contributed by atoms with van der Waals surface area (Å²) in [6, 6.07) is 21.6. The zero-order chi connectivity index (χ0) is 23.2. The number of aliphatic carboxylic acids is 1. The standard InChI is InChI=1S/C28H34N2O3/c1-3-4-16-33-27-13-12-24(17-22(27)18-28(31)32)30-15-14-23(19-30)29-20(2)25-11-7-9-21-8-5-6-10-26(21)25/h5-13,17,20,23,29H,3-4,14-16,18-19H2,1-2H3,(H,31,32)/t20-,23+/m1/s1. The van der Waals surface area contributed by atoms with E-state index < -0.39 is 5.97 Å². The van der Waals surface area contributed by atoms with Crippen LogP contribution < -0.4 is 15.0 Å². The summed E-state index contributed by atoms with van der Waals surface area (Å²) < 4.78 is 5.86. The monoisotopic (exact) mass is 446 g/mol. The van der Waals surface area contributed by atoms with E-state index in [0.29, 0.717) is 18.4 Å². The highest BCUT2D eigenvalue weighted by atomic mass is 16.5. The molecule has 1 aliphatic rings. The first kappa shape index (κ1) is 23.1. The Hall–Kier alpha value is -3.05. The number of rotatable bonds is 10. The van der Waals surface area contributed by atoms with E-state index in [1.165, 1.54) is 16.3 Å². The van der Waals surface area contributed by atoms with Gasteiger partial charge in [0, 0.05) is 36.4 Å². The lowest BCUT2D eigenvalue weighted by atomic mass is 9.99. The molecule has 3 aromatic carbocycles. The Morgan fingerprint density at radius 2 is 2.00 bits per heavy atom. The fourth-order valence-corrected chi connectivity index (χ4v) is 4.73. The minimum atomic E-state index is -0.836. The Kier molecular flexibility index (Phi) is 7.50. The molecule has 0 radical (unpaired) electrons. The van der Waals surface area contributed by atoms with Crippen LogP contribution in [0.5, 0.6) is 5.75 Å². The van der Waals surface area contributed by atoms with Gasteiger partial charge in [-0.15, -0.1) is 0 Å². The van der Waals surface area contributed by atoms with Gasteiger partial charge in [0.1, 0.15) is 5.75 Å². The van der Waals surface area contributed by atoms with Gasteiger partial charge in [-0.1, -0.05) is 55.8 Å². The molecular formula is C28H34N2O3. The number of hydrogen-bond acceptors (Lipinski definition) is 4. The van der Waals surface area contributed by atoms with Crippen LogP contribution in [0.3, 0.4) is 0 Å². The van der Waals surface area contributed by atoms with Gasteiger partial charge in [-0.3, -0.25) is 4.79 Å². The highest BCUT2D eigenvalue weighted by Crippen LogP contribution is 2.30. The van der Waals surface area contributed by atoms with Gasteiger partial charge in [-0.2, -0.15) is 0 Å². The van der Waals surface area contributed by atoms with Crippen LogP contribution in [0.1, 0.15) is 50.3 Å². The van der Waals surface area contributed by atoms with E-state index in [4.69, 9.17) is 4.74 Å². The molecule has 3 aromatic rings. The Morgan fingerprint density at radius 1 is 1.18 bits per heavy atom. The number of carboxylic acid groups (broad SMARTS) is 1. The molecule has 1 fully saturated rings. The molecule has 33 heavy (non-hydrogen) atoms. The van der Waals surface area contributed by atoms with E-state index in [1.54, 1.807) is 0 Å². The molecule has 1 heterocycles. The number of benzene rings is 3. The van der Waals surface area contributed by atoms with Crippen molar-refractivity contribution >= 4 is 22.4 Å². The second-order valence-electron chi connectivity index (χ2n) is 8.95. The third-order valence-corrected chi connectivity index (χ3v) is 6.47. The Balaban J connectivity index is 1.44. The minimum absolute atomic E-state index is 0.0249. The van der Waals surface area contributed by atoms with Crippen LogP contribution in [0.25, 0.3) is 10.8 Å². The number of nitrogens with one attached hydrogen (secondary N) is 1. The lowest BCUT2D eigenvalue weighted by molar-refractivity contribution is -0.136. The molecule has 4 rings (SSSR count). The summed E-state index contributed by atoms with van der Waals surface area (Å²) in [5.74, 6) is -0.148. The number of ether oxygens (including phenoxy) is 1. The summed E-state index contributed by atoms with van der Waals surface area (Å²) in [5.41, 5.74) is 3.14. The van der Waals surface area contributed by atoms with Crippen molar-refractivity contribution in [3.8, 4) is 5.75 Å². The predicted molar refractivity (Wildman–Crippen MR) is 134 cm³/mol. The molecule has 0 aliphatic carbocycles. The van der Waals surface area contributed by atoms with E-state index in [9.17, 15) is 9.90 Å². The van der Waals surface area contributed by atoms with E-state index in [0.717, 1.165) is 43.6 Å². The molecule has 0 spiro atoms. The summed E-state index contributed by atoms with van der Waals surface area (Å²) in [5, 5.41) is 15.7. The van der Waals surface area contributed by atoms with Crippen molar-refractivity contribution in [2.24, 2.45) is 0 Å². The molecular weight excluding hydrogens is 412 g/mol. The van der Waals surface area contributed by atoms with E-state index in [-0.39, 0.29) is 12.5 Å². The van der Waals surface area contributed by atoms with Crippen LogP contribution in [0.15, 0.2) is 60.7 Å². The summed E-state index contributed by atoms with van der Waals surface area (Å²) in [6.45, 7) is 6.81. The first-order valence-electron chi connectivity index (χ1n) is 12.0. The molecule has 0 aromatic heterocycles. The topological polar surface area (TPSA) is 61.8 Å². The lowest BCUT2D eigenvalue weighted by Gasteiger charge is -2.23. The molecule has 174 valence electrons. The lowest BCUT2D eigenvalue weighted by Crippen LogP contribution is -2.34. The van der Waals surface area contributed by atoms with Crippen molar-refractivity contribution in [3.63, 3.8) is 0 Å². The molecule has 0 unspecified atom stereocenters. The third kappa shape index (κ3) is 5.66. The number of nitrogens with zero attached hydrogens (tertiary/aromatic N) is 1. The second kappa shape index (κ2) is 10.7. The molecule has 2 N–H and O–H groups in total. The van der Waals surface area contributed by atoms with Crippen molar-refractivity contribution < 1.29 is 14.6 Å². The van der Waals surface area contributed by atoms with Crippen LogP contribution >= 0.6 is 0 Å². The van der Waals surface area contributed by atoms with E-state index in [2.05, 4.69) is 72.6 Å². The van der Waals surface area contributed by atoms with Gasteiger partial charge in [0.2, 0.25) is 0 Å². The molecule has 5 heteroatoms. The quantitative estimate of drug-likeness (QED) is 0.398. The number of hydrogen-bond donors (Lipinski definition) is 2. The second-order valence-corrected chi connectivity index (χ2v) is 8.95. The SMILES string of the molecule is CCCCOc1ccc(N2CC[C@H](N[C@H](C)c3cccc4ccccc34)C2)cc1CC(=O)O. The number of carbonyl (C=O) groups is 1. The van der Waals surface area contributed by atoms with Crippen molar-refractivity contribution in [3.05, 3.63) is 71.8 Å². The van der Waals surface area contributed by atoms with Gasteiger partial charge < -0.3 is 20.1 Å². The summed E-state index contributed by atoms with van der Waals surface area (Å²) in [6.07, 6.45) is 3.04. The maximum atomic E-state index is 11.4. The van der Waals surface area contributed by atoms with Crippen molar-refractivity contribution in [1.29, 1.82) is 0 Å². The smallest absolute Gasteiger partial charge is 0.307 e. The summed E-state index contributed by atoms with van der Waals surface area (Å²) in [4.78, 5) is 13.7. The normalized spacial score (nSPS) is 16.8. The summed E-state index contributed by atoms with van der Waals surface area (Å²) >= 11 is 0. The van der Waals surface area contributed by atoms with Crippen molar-refractivity contribution in [2.45, 2.75) is 51.6 Å². The van der Waals surface area contributed by atoms with Gasteiger partial charge in [0.15, 0.2) is 0 Å². The number of carboxylic acids is 1. The first-order chi connectivity index (χ1) is 16.0. The van der Waals surface area contributed by atoms with Crippen LogP contribution in [-0.4, -0.2) is 36.8 Å². The van der Waals surface area contributed by atoms with Gasteiger partial charge in [0.25, 0.3) is 0 Å². The zero-order valence-electron chi connectivity index (χ0n) is 19.6. The largest absolute Gasteiger partial charge is 0.493 e. The Labute approximate surface area is 196 Å². The predicted octanol–water partition coefficient (Wildman–Crippen LogP) is 5.58. The van der Waals surface area contributed by atoms with E-state index >= 15 is 0 Å². The van der Waals surface area contributed by atoms with E-state index in [1.807, 2.05) is 12.1 Å². The third-order valence-electron chi connectivity index (χ3n) is 6.47. The fourth-order valence-electron chi connectivity index (χ4n) is 4.73. The molecule has 5 nitrogen and oxygen atoms in total. The van der Waals surface area contributed by atoms with Gasteiger partial charge in [0.05, 0.1) is 13.0 Å². The van der Waals surface area contributed by atoms with Gasteiger partial charge in [-0.25, -0.2) is 0 Å². The molecule has 1 aliphatic heterocycles. The number of fused-ring (bicyclic) bond motifs is 1. The molecule has 1 saturated heterocycles. The first-order valence-corrected chi connectivity index (χ1v) is 12.0. The van der Waals surface area contributed by atoms with Crippen LogP contribution in [-0.2, 0) is 11.2 Å². The minimum Gasteiger partial charge on any atom is -0.493 e. The molecule has 0 bridgehead atoms. The maximum absolute atomic E-state index is 11.4. The van der Waals surface area contributed by atoms with Crippen LogP contribution in [0, 0.1) is 0 Å². The number of anilines is 1. The maximum Gasteiger partial charge on any atom is 0.307 e. The molecule has 0 saturated carbocycles. The van der Waals surface area contributed by atoms with Gasteiger partial charge >= 0.3 is 5.97 Å².